The summed E-state index contributed by atoms with van der Waals surface area (Å²) in [5, 5.41) is 9.85. The van der Waals surface area contributed by atoms with Crippen LogP contribution in [0.3, 0.4) is 0 Å². The average Bonchev–Trinajstić information content (AvgIpc) is 2.25. The van der Waals surface area contributed by atoms with E-state index >= 15 is 0 Å². The van der Waals surface area contributed by atoms with Crippen molar-refractivity contribution in [3.63, 3.8) is 0 Å². The van der Waals surface area contributed by atoms with Crippen LogP contribution in [0.1, 0.15) is 38.3 Å². The zero-order valence-corrected chi connectivity index (χ0v) is 11.1. The van der Waals surface area contributed by atoms with E-state index in [4.69, 9.17) is 5.73 Å². The monoisotopic (exact) mass is 261 g/mol. The van der Waals surface area contributed by atoms with E-state index in [1.807, 2.05) is 0 Å². The summed E-state index contributed by atoms with van der Waals surface area (Å²) in [7, 11) is 0. The van der Waals surface area contributed by atoms with E-state index in [1.165, 1.54) is 6.07 Å². The van der Waals surface area contributed by atoms with Crippen molar-refractivity contribution < 1.29 is 9.50 Å². The van der Waals surface area contributed by atoms with Crippen LogP contribution in [0.25, 0.3) is 0 Å². The van der Waals surface area contributed by atoms with E-state index in [2.05, 4.69) is 13.8 Å². The molecule has 98 valence electrons. The Morgan fingerprint density at radius 2 is 1.82 bits per heavy atom. The molecule has 2 atom stereocenters. The van der Waals surface area contributed by atoms with E-state index in [1.54, 1.807) is 18.2 Å². The lowest BCUT2D eigenvalue weighted by Crippen LogP contribution is -2.27. The van der Waals surface area contributed by atoms with Gasteiger partial charge in [0.25, 0.3) is 0 Å². The van der Waals surface area contributed by atoms with Crippen molar-refractivity contribution in [1.82, 2.24) is 0 Å². The molecule has 1 aromatic carbocycles. The second-order valence-electron chi connectivity index (χ2n) is 4.59. The lowest BCUT2D eigenvalue weighted by molar-refractivity contribution is 0.127. The summed E-state index contributed by atoms with van der Waals surface area (Å²) in [5.41, 5.74) is 6.22. The summed E-state index contributed by atoms with van der Waals surface area (Å²) < 4.78 is 13.4. The zero-order valence-electron chi connectivity index (χ0n) is 10.3. The topological polar surface area (TPSA) is 46.2 Å². The van der Waals surface area contributed by atoms with E-state index in [-0.39, 0.29) is 18.2 Å². The highest BCUT2D eigenvalue weighted by atomic mass is 35.5. The molecule has 1 rings (SSSR count). The maximum atomic E-state index is 13.4. The standard InChI is InChI=1S/C13H20FNO.ClH/c1-9(2)7-8-12(16)13(15)10-5-3-4-6-11(10)14;/h3-6,9,12-13,16H,7-8,15H2,1-2H3;1H/t12-,13+;/m1./s1. The Bertz CT molecular complexity index is 333. The van der Waals surface area contributed by atoms with Gasteiger partial charge < -0.3 is 10.8 Å². The van der Waals surface area contributed by atoms with Crippen LogP contribution in [-0.2, 0) is 0 Å². The molecular weight excluding hydrogens is 241 g/mol. The van der Waals surface area contributed by atoms with Crippen molar-refractivity contribution in [3.8, 4) is 0 Å². The van der Waals surface area contributed by atoms with Crippen molar-refractivity contribution in [3.05, 3.63) is 35.6 Å². The highest BCUT2D eigenvalue weighted by Crippen LogP contribution is 2.21. The molecule has 2 nitrogen and oxygen atoms in total. The van der Waals surface area contributed by atoms with Gasteiger partial charge in [0.2, 0.25) is 0 Å². The van der Waals surface area contributed by atoms with Crippen LogP contribution in [0.4, 0.5) is 4.39 Å². The number of nitrogens with two attached hydrogens (primary N) is 1. The number of halogens is 2. The molecule has 0 spiro atoms. The van der Waals surface area contributed by atoms with Crippen LogP contribution in [0, 0.1) is 11.7 Å². The Labute approximate surface area is 108 Å². The quantitative estimate of drug-likeness (QED) is 0.856. The number of benzene rings is 1. The minimum atomic E-state index is -0.681. The molecule has 3 N–H and O–H groups in total. The first-order valence-electron chi connectivity index (χ1n) is 5.70. The summed E-state index contributed by atoms with van der Waals surface area (Å²) in [6, 6.07) is 5.70. The molecule has 17 heavy (non-hydrogen) atoms. The van der Waals surface area contributed by atoms with Crippen molar-refractivity contribution in [1.29, 1.82) is 0 Å². The molecule has 0 aliphatic carbocycles. The van der Waals surface area contributed by atoms with Crippen LogP contribution >= 0.6 is 12.4 Å². The van der Waals surface area contributed by atoms with E-state index in [0.717, 1.165) is 6.42 Å². The number of aliphatic hydroxyl groups is 1. The van der Waals surface area contributed by atoms with Gasteiger partial charge in [-0.25, -0.2) is 4.39 Å². The minimum Gasteiger partial charge on any atom is -0.391 e. The molecule has 0 bridgehead atoms. The van der Waals surface area contributed by atoms with Gasteiger partial charge in [0, 0.05) is 5.56 Å². The molecule has 0 unspecified atom stereocenters. The Kier molecular flexibility index (Phi) is 7.35. The van der Waals surface area contributed by atoms with Gasteiger partial charge in [-0.15, -0.1) is 12.4 Å². The number of hydrogen-bond donors (Lipinski definition) is 2. The number of hydrogen-bond acceptors (Lipinski definition) is 2. The van der Waals surface area contributed by atoms with Gasteiger partial charge in [-0.2, -0.15) is 0 Å². The molecule has 4 heteroatoms. The molecule has 0 saturated heterocycles. The highest BCUT2D eigenvalue weighted by molar-refractivity contribution is 5.85. The normalized spacial score (nSPS) is 14.2. The maximum Gasteiger partial charge on any atom is 0.128 e. The fourth-order valence-corrected chi connectivity index (χ4v) is 1.64. The van der Waals surface area contributed by atoms with E-state index in [9.17, 15) is 9.50 Å². The van der Waals surface area contributed by atoms with E-state index in [0.29, 0.717) is 17.9 Å². The predicted molar refractivity (Wildman–Crippen MR) is 70.7 cm³/mol. The second-order valence-corrected chi connectivity index (χ2v) is 4.59. The van der Waals surface area contributed by atoms with Crippen LogP contribution in [-0.4, -0.2) is 11.2 Å². The molecule has 0 saturated carbocycles. The maximum absolute atomic E-state index is 13.4. The molecule has 1 aromatic rings. The predicted octanol–water partition coefficient (Wildman–Crippen LogP) is 3.04. The Morgan fingerprint density at radius 3 is 2.35 bits per heavy atom. The van der Waals surface area contributed by atoms with Gasteiger partial charge in [0.05, 0.1) is 12.1 Å². The minimum absolute atomic E-state index is 0. The fraction of sp³-hybridized carbons (Fsp3) is 0.538. The molecule has 0 aromatic heterocycles. The van der Waals surface area contributed by atoms with Crippen molar-refractivity contribution in [2.75, 3.05) is 0 Å². The molecule has 0 amide bonds. The molecule has 0 heterocycles. The smallest absolute Gasteiger partial charge is 0.128 e. The molecule has 0 aliphatic heterocycles. The highest BCUT2D eigenvalue weighted by Gasteiger charge is 2.19. The third-order valence-electron chi connectivity index (χ3n) is 2.72. The van der Waals surface area contributed by atoms with Gasteiger partial charge in [-0.05, 0) is 24.8 Å². The third-order valence-corrected chi connectivity index (χ3v) is 2.72. The Hall–Kier alpha value is -0.640. The van der Waals surface area contributed by atoms with Crippen LogP contribution in [0.5, 0.6) is 0 Å². The molecule has 0 fully saturated rings. The summed E-state index contributed by atoms with van der Waals surface area (Å²) in [4.78, 5) is 0. The summed E-state index contributed by atoms with van der Waals surface area (Å²) in [6.45, 7) is 4.17. The van der Waals surface area contributed by atoms with E-state index < -0.39 is 12.1 Å². The first-order chi connectivity index (χ1) is 7.52. The third kappa shape index (κ3) is 5.02. The van der Waals surface area contributed by atoms with Crippen molar-refractivity contribution in [2.45, 2.75) is 38.8 Å². The number of rotatable bonds is 5. The van der Waals surface area contributed by atoms with Crippen LogP contribution < -0.4 is 5.73 Å². The van der Waals surface area contributed by atoms with Crippen LogP contribution in [0.15, 0.2) is 24.3 Å². The van der Waals surface area contributed by atoms with Gasteiger partial charge in [-0.1, -0.05) is 32.0 Å². The van der Waals surface area contributed by atoms with Gasteiger partial charge >= 0.3 is 0 Å². The summed E-state index contributed by atoms with van der Waals surface area (Å²) >= 11 is 0. The van der Waals surface area contributed by atoms with Gasteiger partial charge in [0.1, 0.15) is 5.82 Å². The van der Waals surface area contributed by atoms with Gasteiger partial charge in [0.15, 0.2) is 0 Å². The Balaban J connectivity index is 0.00000256. The van der Waals surface area contributed by atoms with Gasteiger partial charge in [-0.3, -0.25) is 0 Å². The average molecular weight is 262 g/mol. The SMILES string of the molecule is CC(C)CC[C@@H](O)[C@@H](N)c1ccccc1F.Cl. The first kappa shape index (κ1) is 16.4. The summed E-state index contributed by atoms with van der Waals surface area (Å²) in [5.74, 6) is 0.168. The lowest BCUT2D eigenvalue weighted by Gasteiger charge is -2.20. The molecular formula is C13H21ClFNO. The Morgan fingerprint density at radius 1 is 1.24 bits per heavy atom. The number of aliphatic hydroxyl groups excluding tert-OH is 1. The largest absolute Gasteiger partial charge is 0.391 e. The van der Waals surface area contributed by atoms with Crippen LogP contribution in [0.2, 0.25) is 0 Å². The van der Waals surface area contributed by atoms with Crippen molar-refractivity contribution in [2.24, 2.45) is 11.7 Å². The summed E-state index contributed by atoms with van der Waals surface area (Å²) in [6.07, 6.45) is 0.815. The molecule has 0 radical (unpaired) electrons. The fourth-order valence-electron chi connectivity index (χ4n) is 1.64. The lowest BCUT2D eigenvalue weighted by atomic mass is 9.96. The zero-order chi connectivity index (χ0) is 12.1. The second kappa shape index (κ2) is 7.64. The molecule has 0 aliphatic rings. The van der Waals surface area contributed by atoms with Crippen molar-refractivity contribution >= 4 is 12.4 Å². The first-order valence-corrected chi connectivity index (χ1v) is 5.70.